The van der Waals surface area contributed by atoms with Crippen molar-refractivity contribution in [2.45, 2.75) is 13.5 Å². The van der Waals surface area contributed by atoms with Crippen molar-refractivity contribution in [3.05, 3.63) is 56.2 Å². The lowest BCUT2D eigenvalue weighted by Crippen LogP contribution is -2.25. The molecule has 0 atom stereocenters. The molecule has 1 heterocycles. The number of nitrogens with zero attached hydrogens (tertiary/aromatic N) is 1. The van der Waals surface area contributed by atoms with Gasteiger partial charge >= 0.3 is 0 Å². The summed E-state index contributed by atoms with van der Waals surface area (Å²) in [4.78, 5) is 13.9. The van der Waals surface area contributed by atoms with Crippen LogP contribution in [0.3, 0.4) is 0 Å². The Hall–Kier alpha value is -1.13. The Balaban J connectivity index is 2.07. The van der Waals surface area contributed by atoms with Crippen LogP contribution in [0.5, 0.6) is 0 Å². The summed E-state index contributed by atoms with van der Waals surface area (Å²) in [6.07, 6.45) is 0. The maximum absolute atomic E-state index is 12.2. The smallest absolute Gasteiger partial charge is 0.253 e. The molecule has 2 aromatic rings. The van der Waals surface area contributed by atoms with Gasteiger partial charge in [0.15, 0.2) is 0 Å². The summed E-state index contributed by atoms with van der Waals surface area (Å²) in [5.41, 5.74) is 3.04. The fraction of sp³-hybridized carbons (Fsp3) is 0.214. The third kappa shape index (κ3) is 3.21. The SMILES string of the molecule is Cc1ccc(C(=O)N(C)Cc2csc(Br)c2)cc1. The maximum atomic E-state index is 12.2. The zero-order valence-corrected chi connectivity index (χ0v) is 12.7. The second kappa shape index (κ2) is 5.67. The van der Waals surface area contributed by atoms with Crippen molar-refractivity contribution in [2.75, 3.05) is 7.05 Å². The third-order valence-electron chi connectivity index (χ3n) is 2.69. The molecule has 0 radical (unpaired) electrons. The van der Waals surface area contributed by atoms with Crippen molar-refractivity contribution in [1.29, 1.82) is 0 Å². The molecule has 18 heavy (non-hydrogen) atoms. The average molecular weight is 324 g/mol. The van der Waals surface area contributed by atoms with E-state index in [1.807, 2.05) is 44.3 Å². The van der Waals surface area contributed by atoms with E-state index < -0.39 is 0 Å². The van der Waals surface area contributed by atoms with E-state index in [2.05, 4.69) is 21.3 Å². The van der Waals surface area contributed by atoms with Gasteiger partial charge in [-0.1, -0.05) is 17.7 Å². The van der Waals surface area contributed by atoms with Crippen molar-refractivity contribution in [3.63, 3.8) is 0 Å². The van der Waals surface area contributed by atoms with Crippen molar-refractivity contribution in [2.24, 2.45) is 0 Å². The van der Waals surface area contributed by atoms with Gasteiger partial charge in [-0.15, -0.1) is 11.3 Å². The van der Waals surface area contributed by atoms with Gasteiger partial charge in [-0.25, -0.2) is 0 Å². The minimum Gasteiger partial charge on any atom is -0.337 e. The van der Waals surface area contributed by atoms with Gasteiger partial charge in [0.05, 0.1) is 3.79 Å². The van der Waals surface area contributed by atoms with Gasteiger partial charge in [-0.2, -0.15) is 0 Å². The van der Waals surface area contributed by atoms with Crippen LogP contribution in [0.2, 0.25) is 0 Å². The largest absolute Gasteiger partial charge is 0.337 e. The lowest BCUT2D eigenvalue weighted by Gasteiger charge is -2.16. The summed E-state index contributed by atoms with van der Waals surface area (Å²) in [5, 5.41) is 2.06. The Labute approximate surface area is 119 Å². The molecule has 0 N–H and O–H groups in total. The number of benzene rings is 1. The second-order valence-electron chi connectivity index (χ2n) is 4.29. The zero-order chi connectivity index (χ0) is 13.1. The molecule has 1 aromatic heterocycles. The topological polar surface area (TPSA) is 20.3 Å². The molecule has 94 valence electrons. The Morgan fingerprint density at radius 2 is 2.00 bits per heavy atom. The van der Waals surface area contributed by atoms with E-state index in [0.717, 1.165) is 20.5 Å². The van der Waals surface area contributed by atoms with Crippen LogP contribution in [0.1, 0.15) is 21.5 Å². The molecule has 1 amide bonds. The highest BCUT2D eigenvalue weighted by Gasteiger charge is 2.12. The molecule has 0 bridgehead atoms. The first kappa shape index (κ1) is 13.3. The Bertz CT molecular complexity index is 547. The number of hydrogen-bond donors (Lipinski definition) is 0. The van der Waals surface area contributed by atoms with Crippen molar-refractivity contribution < 1.29 is 4.79 Å². The van der Waals surface area contributed by atoms with Crippen molar-refractivity contribution in [3.8, 4) is 0 Å². The van der Waals surface area contributed by atoms with E-state index >= 15 is 0 Å². The van der Waals surface area contributed by atoms with Crippen molar-refractivity contribution >= 4 is 33.2 Å². The number of hydrogen-bond acceptors (Lipinski definition) is 2. The molecule has 0 aliphatic heterocycles. The highest BCUT2D eigenvalue weighted by atomic mass is 79.9. The predicted molar refractivity (Wildman–Crippen MR) is 79.0 cm³/mol. The first-order chi connectivity index (χ1) is 8.56. The summed E-state index contributed by atoms with van der Waals surface area (Å²) in [5.74, 6) is 0.0531. The number of rotatable bonds is 3. The molecule has 0 aliphatic rings. The molecular formula is C14H14BrNOS. The Morgan fingerprint density at radius 1 is 1.33 bits per heavy atom. The Morgan fingerprint density at radius 3 is 2.56 bits per heavy atom. The van der Waals surface area contributed by atoms with Gasteiger partial charge in [-0.3, -0.25) is 4.79 Å². The standard InChI is InChI=1S/C14H14BrNOS/c1-10-3-5-12(6-4-10)14(17)16(2)8-11-7-13(15)18-9-11/h3-7,9H,8H2,1-2H3. The van der Waals surface area contributed by atoms with Crippen LogP contribution < -0.4 is 0 Å². The van der Waals surface area contributed by atoms with Crippen LogP contribution in [0.25, 0.3) is 0 Å². The van der Waals surface area contributed by atoms with Gasteiger partial charge in [0.25, 0.3) is 5.91 Å². The number of amides is 1. The van der Waals surface area contributed by atoms with E-state index in [9.17, 15) is 4.79 Å². The van der Waals surface area contributed by atoms with Crippen molar-refractivity contribution in [1.82, 2.24) is 4.90 Å². The van der Waals surface area contributed by atoms with E-state index in [4.69, 9.17) is 0 Å². The number of halogens is 1. The fourth-order valence-electron chi connectivity index (χ4n) is 1.69. The number of thiophene rings is 1. The Kier molecular flexibility index (Phi) is 4.19. The maximum Gasteiger partial charge on any atom is 0.253 e. The van der Waals surface area contributed by atoms with E-state index in [1.165, 1.54) is 0 Å². The molecular weight excluding hydrogens is 310 g/mol. The quantitative estimate of drug-likeness (QED) is 0.833. The van der Waals surface area contributed by atoms with E-state index in [1.54, 1.807) is 16.2 Å². The molecule has 0 fully saturated rings. The first-order valence-corrected chi connectivity index (χ1v) is 7.28. The van der Waals surface area contributed by atoms with Gasteiger partial charge in [0.1, 0.15) is 0 Å². The summed E-state index contributed by atoms with van der Waals surface area (Å²) in [6, 6.07) is 9.71. The third-order valence-corrected chi connectivity index (χ3v) is 4.24. The highest BCUT2D eigenvalue weighted by Crippen LogP contribution is 2.21. The molecule has 0 spiro atoms. The minimum atomic E-state index is 0.0531. The summed E-state index contributed by atoms with van der Waals surface area (Å²) in [6.45, 7) is 2.65. The molecule has 0 saturated carbocycles. The lowest BCUT2D eigenvalue weighted by molar-refractivity contribution is 0.0785. The van der Waals surface area contributed by atoms with Crippen LogP contribution in [0, 0.1) is 6.92 Å². The van der Waals surface area contributed by atoms with Gasteiger partial charge < -0.3 is 4.90 Å². The predicted octanol–water partition coefficient (Wildman–Crippen LogP) is 4.09. The van der Waals surface area contributed by atoms with E-state index in [0.29, 0.717) is 6.54 Å². The van der Waals surface area contributed by atoms with Gasteiger partial charge in [-0.05, 0) is 52.0 Å². The molecule has 0 saturated heterocycles. The van der Waals surface area contributed by atoms with Crippen LogP contribution >= 0.6 is 27.3 Å². The molecule has 1 aromatic carbocycles. The van der Waals surface area contributed by atoms with Crippen LogP contribution in [-0.2, 0) is 6.54 Å². The molecule has 4 heteroatoms. The molecule has 2 nitrogen and oxygen atoms in total. The number of carbonyl (C=O) groups excluding carboxylic acids is 1. The summed E-state index contributed by atoms with van der Waals surface area (Å²) >= 11 is 5.06. The summed E-state index contributed by atoms with van der Waals surface area (Å²) < 4.78 is 1.09. The minimum absolute atomic E-state index is 0.0531. The second-order valence-corrected chi connectivity index (χ2v) is 6.58. The average Bonchev–Trinajstić information content (AvgIpc) is 2.75. The van der Waals surface area contributed by atoms with Crippen LogP contribution in [-0.4, -0.2) is 17.9 Å². The van der Waals surface area contributed by atoms with Gasteiger partial charge in [0.2, 0.25) is 0 Å². The highest BCUT2D eigenvalue weighted by molar-refractivity contribution is 9.11. The van der Waals surface area contributed by atoms with Crippen LogP contribution in [0.4, 0.5) is 0 Å². The van der Waals surface area contributed by atoms with Crippen LogP contribution in [0.15, 0.2) is 39.5 Å². The molecule has 0 unspecified atom stereocenters. The number of aryl methyl sites for hydroxylation is 1. The van der Waals surface area contributed by atoms with Gasteiger partial charge in [0, 0.05) is 19.2 Å². The monoisotopic (exact) mass is 323 g/mol. The molecule has 0 aliphatic carbocycles. The molecule has 2 rings (SSSR count). The fourth-order valence-corrected chi connectivity index (χ4v) is 2.89. The summed E-state index contributed by atoms with van der Waals surface area (Å²) in [7, 11) is 1.83. The zero-order valence-electron chi connectivity index (χ0n) is 10.3. The first-order valence-electron chi connectivity index (χ1n) is 5.61. The normalized spacial score (nSPS) is 10.4. The van der Waals surface area contributed by atoms with E-state index in [-0.39, 0.29) is 5.91 Å². The number of carbonyl (C=O) groups is 1. The lowest BCUT2D eigenvalue weighted by atomic mass is 10.1.